The summed E-state index contributed by atoms with van der Waals surface area (Å²) in [5, 5.41) is 0. The highest BCUT2D eigenvalue weighted by Gasteiger charge is 2.24. The summed E-state index contributed by atoms with van der Waals surface area (Å²) in [6, 6.07) is 25.8. The predicted octanol–water partition coefficient (Wildman–Crippen LogP) is 10.3. The second-order valence-corrected chi connectivity index (χ2v) is 12.9. The summed E-state index contributed by atoms with van der Waals surface area (Å²) in [7, 11) is 0. The van der Waals surface area contributed by atoms with Gasteiger partial charge in [-0.3, -0.25) is 29.9 Å². The van der Waals surface area contributed by atoms with Crippen LogP contribution in [-0.4, -0.2) is 51.7 Å². The van der Waals surface area contributed by atoms with Crippen LogP contribution in [0, 0.1) is 6.92 Å². The zero-order chi connectivity index (χ0) is 35.7. The summed E-state index contributed by atoms with van der Waals surface area (Å²) < 4.78 is 0. The SMILES string of the molecule is CC.Cc1ccnc(-c2c(C3=NCCC=C3)cc(-c3cc(CC4CC=CC=N4)c(C4=NCCC=C4)c(-c4ccccn4)c3)cc2-c2ccccn2)c1. The van der Waals surface area contributed by atoms with Gasteiger partial charge >= 0.3 is 0 Å². The maximum absolute atomic E-state index is 5.04. The molecule has 0 spiro atoms. The molecule has 6 nitrogen and oxygen atoms in total. The van der Waals surface area contributed by atoms with Crippen LogP contribution in [0.2, 0.25) is 0 Å². The summed E-state index contributed by atoms with van der Waals surface area (Å²) in [6.45, 7) is 7.64. The number of aliphatic imine (C=N–C) groups is 3. The van der Waals surface area contributed by atoms with E-state index in [1.807, 2.05) is 69.0 Å². The quantitative estimate of drug-likeness (QED) is 0.164. The number of rotatable bonds is 8. The van der Waals surface area contributed by atoms with Gasteiger partial charge in [-0.2, -0.15) is 0 Å². The van der Waals surface area contributed by atoms with Crippen molar-refractivity contribution in [1.29, 1.82) is 0 Å². The minimum atomic E-state index is 0.148. The van der Waals surface area contributed by atoms with Crippen LogP contribution in [0.5, 0.6) is 0 Å². The fourth-order valence-corrected chi connectivity index (χ4v) is 7.01. The molecule has 6 heteroatoms. The molecule has 258 valence electrons. The monoisotopic (exact) mass is 680 g/mol. The lowest BCUT2D eigenvalue weighted by molar-refractivity contribution is 0.679. The van der Waals surface area contributed by atoms with Crippen molar-refractivity contribution in [2.45, 2.75) is 52.5 Å². The summed E-state index contributed by atoms with van der Waals surface area (Å²) in [6.07, 6.45) is 24.1. The van der Waals surface area contributed by atoms with Gasteiger partial charge in [0.25, 0.3) is 0 Å². The van der Waals surface area contributed by atoms with Gasteiger partial charge in [-0.25, -0.2) is 0 Å². The number of aryl methyl sites for hydroxylation is 1. The minimum Gasteiger partial charge on any atom is -0.289 e. The number of pyridine rings is 3. The summed E-state index contributed by atoms with van der Waals surface area (Å²) in [5.41, 5.74) is 14.5. The zero-order valence-corrected chi connectivity index (χ0v) is 30.2. The van der Waals surface area contributed by atoms with Gasteiger partial charge in [0.15, 0.2) is 0 Å². The molecular formula is C46H44N6. The molecule has 5 aromatic rings. The van der Waals surface area contributed by atoms with Crippen LogP contribution < -0.4 is 0 Å². The van der Waals surface area contributed by atoms with Gasteiger partial charge in [0.2, 0.25) is 0 Å². The molecule has 1 atom stereocenters. The average molecular weight is 681 g/mol. The molecule has 1 unspecified atom stereocenters. The molecule has 52 heavy (non-hydrogen) atoms. The number of hydrogen-bond donors (Lipinski definition) is 0. The Kier molecular flexibility index (Phi) is 10.9. The van der Waals surface area contributed by atoms with E-state index in [1.165, 1.54) is 5.56 Å². The van der Waals surface area contributed by atoms with Crippen LogP contribution in [0.3, 0.4) is 0 Å². The molecule has 3 aromatic heterocycles. The van der Waals surface area contributed by atoms with Crippen LogP contribution >= 0.6 is 0 Å². The van der Waals surface area contributed by atoms with Crippen molar-refractivity contribution in [1.82, 2.24) is 15.0 Å². The van der Waals surface area contributed by atoms with Crippen molar-refractivity contribution < 1.29 is 0 Å². The molecule has 0 saturated carbocycles. The smallest absolute Gasteiger partial charge is 0.0718 e. The van der Waals surface area contributed by atoms with E-state index >= 15 is 0 Å². The highest BCUT2D eigenvalue weighted by Crippen LogP contribution is 2.41. The van der Waals surface area contributed by atoms with Crippen molar-refractivity contribution in [3.05, 3.63) is 150 Å². The van der Waals surface area contributed by atoms with Crippen LogP contribution in [0.25, 0.3) is 44.9 Å². The standard InChI is InChI=1S/C44H38N6.C2H6/c1-30-17-23-50-42(24-30)44-36(39-14-4-9-20-47-39)28-32(29-37(44)40-15-5-10-21-48-40)31-25-33(26-34-12-2-7-18-45-34)43(41-16-6-11-22-49-41)35(27-31)38-13-3-8-19-46-38;1-2/h2-9,13-20,23-25,27-29,34H,10-12,21-22,26H2,1H3;1-2H3. The van der Waals surface area contributed by atoms with E-state index in [0.717, 1.165) is 112 Å². The van der Waals surface area contributed by atoms with Gasteiger partial charge in [-0.1, -0.05) is 50.3 Å². The second-order valence-electron chi connectivity index (χ2n) is 12.9. The normalized spacial score (nSPS) is 16.2. The number of dihydropyridines is 3. The number of allylic oxidation sites excluding steroid dienone is 3. The van der Waals surface area contributed by atoms with Crippen LogP contribution in [-0.2, 0) is 6.42 Å². The molecular weight excluding hydrogens is 637 g/mol. The van der Waals surface area contributed by atoms with Crippen LogP contribution in [0.1, 0.15) is 55.4 Å². The lowest BCUT2D eigenvalue weighted by Crippen LogP contribution is -2.15. The third-order valence-corrected chi connectivity index (χ3v) is 9.37. The lowest BCUT2D eigenvalue weighted by atomic mass is 9.84. The Morgan fingerprint density at radius 2 is 1.25 bits per heavy atom. The van der Waals surface area contributed by atoms with Gasteiger partial charge in [-0.15, -0.1) is 0 Å². The number of hydrogen-bond acceptors (Lipinski definition) is 6. The van der Waals surface area contributed by atoms with Crippen molar-refractivity contribution in [2.75, 3.05) is 13.1 Å². The fraction of sp³-hybridized carbons (Fsp3) is 0.217. The molecule has 2 aromatic carbocycles. The Hall–Kier alpha value is -5.88. The first-order chi connectivity index (χ1) is 25.7. The van der Waals surface area contributed by atoms with E-state index in [2.05, 4.69) is 85.8 Å². The molecule has 0 radical (unpaired) electrons. The van der Waals surface area contributed by atoms with Gasteiger partial charge in [0, 0.05) is 65.7 Å². The van der Waals surface area contributed by atoms with E-state index in [9.17, 15) is 0 Å². The molecule has 0 amide bonds. The van der Waals surface area contributed by atoms with Crippen LogP contribution in [0.15, 0.2) is 143 Å². The lowest BCUT2D eigenvalue weighted by Gasteiger charge is -2.23. The first kappa shape index (κ1) is 34.6. The highest BCUT2D eigenvalue weighted by molar-refractivity contribution is 6.16. The maximum atomic E-state index is 5.04. The predicted molar refractivity (Wildman–Crippen MR) is 218 cm³/mol. The average Bonchev–Trinajstić information content (AvgIpc) is 3.22. The van der Waals surface area contributed by atoms with Crippen molar-refractivity contribution in [3.8, 4) is 44.9 Å². The van der Waals surface area contributed by atoms with Gasteiger partial charge in [0.05, 0.1) is 34.5 Å². The van der Waals surface area contributed by atoms with Gasteiger partial charge in [0.1, 0.15) is 0 Å². The summed E-state index contributed by atoms with van der Waals surface area (Å²) in [4.78, 5) is 29.6. The summed E-state index contributed by atoms with van der Waals surface area (Å²) in [5.74, 6) is 0. The molecule has 0 saturated heterocycles. The first-order valence-corrected chi connectivity index (χ1v) is 18.4. The van der Waals surface area contributed by atoms with Crippen LogP contribution in [0.4, 0.5) is 0 Å². The molecule has 3 aliphatic heterocycles. The van der Waals surface area contributed by atoms with E-state index in [4.69, 9.17) is 29.9 Å². The molecule has 0 N–H and O–H groups in total. The topological polar surface area (TPSA) is 75.8 Å². The number of nitrogens with zero attached hydrogens (tertiary/aromatic N) is 6. The molecule has 0 bridgehead atoms. The van der Waals surface area contributed by atoms with Crippen molar-refractivity contribution in [3.63, 3.8) is 0 Å². The largest absolute Gasteiger partial charge is 0.289 e. The van der Waals surface area contributed by atoms with E-state index in [0.29, 0.717) is 0 Å². The third-order valence-electron chi connectivity index (χ3n) is 9.37. The Morgan fingerprint density at radius 1 is 0.615 bits per heavy atom. The number of aromatic nitrogens is 3. The van der Waals surface area contributed by atoms with Crippen molar-refractivity contribution in [2.24, 2.45) is 15.0 Å². The molecule has 0 fully saturated rings. The van der Waals surface area contributed by atoms with E-state index < -0.39 is 0 Å². The highest BCUT2D eigenvalue weighted by atomic mass is 14.8. The molecule has 6 heterocycles. The molecule has 0 aliphatic carbocycles. The number of benzene rings is 2. The zero-order valence-electron chi connectivity index (χ0n) is 30.2. The third kappa shape index (κ3) is 7.57. The molecule has 3 aliphatic rings. The summed E-state index contributed by atoms with van der Waals surface area (Å²) >= 11 is 0. The Labute approximate surface area is 307 Å². The van der Waals surface area contributed by atoms with Gasteiger partial charge in [-0.05, 0) is 128 Å². The van der Waals surface area contributed by atoms with Crippen molar-refractivity contribution >= 4 is 17.6 Å². The Balaban J connectivity index is 0.00000207. The Morgan fingerprint density at radius 3 is 1.85 bits per heavy atom. The van der Waals surface area contributed by atoms with E-state index in [-0.39, 0.29) is 6.04 Å². The Bertz CT molecular complexity index is 2220. The van der Waals surface area contributed by atoms with Gasteiger partial charge < -0.3 is 0 Å². The molecule has 8 rings (SSSR count). The maximum Gasteiger partial charge on any atom is 0.0718 e. The van der Waals surface area contributed by atoms with E-state index in [1.54, 1.807) is 0 Å². The first-order valence-electron chi connectivity index (χ1n) is 18.4. The fourth-order valence-electron chi connectivity index (χ4n) is 7.01. The second kappa shape index (κ2) is 16.4. The minimum absolute atomic E-state index is 0.148.